The lowest BCUT2D eigenvalue weighted by molar-refractivity contribution is -0.116. The summed E-state index contributed by atoms with van der Waals surface area (Å²) in [7, 11) is 0. The van der Waals surface area contributed by atoms with E-state index in [1.165, 1.54) is 50.5 Å². The minimum Gasteiger partial charge on any atom is -0.508 e. The lowest BCUT2D eigenvalue weighted by Gasteiger charge is -2.07. The fourth-order valence-electron chi connectivity index (χ4n) is 2.49. The van der Waals surface area contributed by atoms with Crippen molar-refractivity contribution in [3.8, 4) is 5.75 Å². The lowest BCUT2D eigenvalue weighted by atomic mass is 10.0. The second kappa shape index (κ2) is 9.57. The molecular formula is C18H28O2. The Morgan fingerprint density at radius 3 is 2.35 bits per heavy atom. The molecule has 1 aromatic carbocycles. The number of benzene rings is 1. The van der Waals surface area contributed by atoms with Crippen LogP contribution in [-0.4, -0.2) is 10.9 Å². The van der Waals surface area contributed by atoms with Gasteiger partial charge in [-0.2, -0.15) is 0 Å². The third kappa shape index (κ3) is 6.74. The highest BCUT2D eigenvalue weighted by Gasteiger charge is 2.05. The summed E-state index contributed by atoms with van der Waals surface area (Å²) in [5.41, 5.74) is 1.99. The van der Waals surface area contributed by atoms with E-state index in [0.717, 1.165) is 12.0 Å². The lowest BCUT2D eigenvalue weighted by Crippen LogP contribution is -1.98. The van der Waals surface area contributed by atoms with Gasteiger partial charge < -0.3 is 5.11 Å². The van der Waals surface area contributed by atoms with Crippen molar-refractivity contribution in [2.45, 2.75) is 71.6 Å². The molecule has 0 atom stereocenters. The van der Waals surface area contributed by atoms with Crippen molar-refractivity contribution in [1.29, 1.82) is 0 Å². The molecule has 112 valence electrons. The van der Waals surface area contributed by atoms with Crippen LogP contribution in [0.3, 0.4) is 0 Å². The molecule has 1 aromatic rings. The maximum Gasteiger partial charge on any atom is 0.134 e. The third-order valence-corrected chi connectivity index (χ3v) is 3.65. The molecule has 2 nitrogen and oxygen atoms in total. The predicted molar refractivity (Wildman–Crippen MR) is 84.2 cm³/mol. The first-order valence-electron chi connectivity index (χ1n) is 7.93. The molecular weight excluding hydrogens is 248 g/mol. The number of rotatable bonds is 10. The van der Waals surface area contributed by atoms with Gasteiger partial charge in [0.05, 0.1) is 0 Å². The normalized spacial score (nSPS) is 10.7. The number of Topliss-reactive ketones (excluding diaryl/α,β-unsaturated/α-hetero) is 1. The molecule has 0 aromatic heterocycles. The van der Waals surface area contributed by atoms with E-state index in [1.807, 2.05) is 12.1 Å². The van der Waals surface area contributed by atoms with Crippen LogP contribution in [0.1, 0.15) is 69.9 Å². The summed E-state index contributed by atoms with van der Waals surface area (Å²) in [6.07, 6.45) is 10.5. The molecule has 0 saturated carbocycles. The highest BCUT2D eigenvalue weighted by atomic mass is 16.3. The van der Waals surface area contributed by atoms with E-state index >= 15 is 0 Å². The summed E-state index contributed by atoms with van der Waals surface area (Å²) < 4.78 is 0. The van der Waals surface area contributed by atoms with Crippen LogP contribution in [0.5, 0.6) is 5.75 Å². The summed E-state index contributed by atoms with van der Waals surface area (Å²) in [6.45, 7) is 3.80. The van der Waals surface area contributed by atoms with E-state index < -0.39 is 0 Å². The van der Waals surface area contributed by atoms with Crippen molar-refractivity contribution in [3.05, 3.63) is 29.3 Å². The topological polar surface area (TPSA) is 37.3 Å². The van der Waals surface area contributed by atoms with E-state index in [0.29, 0.717) is 6.42 Å². The van der Waals surface area contributed by atoms with Gasteiger partial charge in [0.2, 0.25) is 0 Å². The number of hydrogen-bond donors (Lipinski definition) is 1. The average molecular weight is 276 g/mol. The number of hydrogen-bond acceptors (Lipinski definition) is 2. The van der Waals surface area contributed by atoms with E-state index in [9.17, 15) is 9.90 Å². The predicted octanol–water partition coefficient (Wildman–Crippen LogP) is 4.82. The molecule has 0 fully saturated rings. The van der Waals surface area contributed by atoms with Gasteiger partial charge in [-0.1, -0.05) is 57.6 Å². The van der Waals surface area contributed by atoms with Crippen LogP contribution in [0.25, 0.3) is 0 Å². The van der Waals surface area contributed by atoms with Crippen molar-refractivity contribution in [1.82, 2.24) is 0 Å². The van der Waals surface area contributed by atoms with Gasteiger partial charge >= 0.3 is 0 Å². The van der Waals surface area contributed by atoms with Crippen LogP contribution < -0.4 is 0 Å². The molecule has 0 unspecified atom stereocenters. The van der Waals surface area contributed by atoms with Gasteiger partial charge in [0.25, 0.3) is 0 Å². The number of phenols is 1. The molecule has 0 spiro atoms. The molecule has 2 heteroatoms. The Morgan fingerprint density at radius 1 is 1.05 bits per heavy atom. The maximum absolute atomic E-state index is 11.2. The van der Waals surface area contributed by atoms with Crippen LogP contribution >= 0.6 is 0 Å². The molecule has 0 heterocycles. The minimum absolute atomic E-state index is 0.0911. The van der Waals surface area contributed by atoms with Crippen LogP contribution in [0, 0.1) is 0 Å². The SMILES string of the molecule is CCCCCCCCCc1ccc(O)c(CC(C)=O)c1. The van der Waals surface area contributed by atoms with Gasteiger partial charge in [0.15, 0.2) is 0 Å². The highest BCUT2D eigenvalue weighted by molar-refractivity contribution is 5.78. The number of aromatic hydroxyl groups is 1. The average Bonchev–Trinajstić information content (AvgIpc) is 2.40. The summed E-state index contributed by atoms with van der Waals surface area (Å²) in [5.74, 6) is 0.330. The van der Waals surface area contributed by atoms with Crippen molar-refractivity contribution < 1.29 is 9.90 Å². The van der Waals surface area contributed by atoms with Gasteiger partial charge in [-0.05, 0) is 31.4 Å². The van der Waals surface area contributed by atoms with Crippen molar-refractivity contribution in [2.75, 3.05) is 0 Å². The van der Waals surface area contributed by atoms with Gasteiger partial charge in [0.1, 0.15) is 11.5 Å². The number of ketones is 1. The summed E-state index contributed by atoms with van der Waals surface area (Å²) in [5, 5.41) is 9.72. The number of carbonyl (C=O) groups is 1. The molecule has 0 amide bonds. The van der Waals surface area contributed by atoms with E-state index in [1.54, 1.807) is 13.0 Å². The second-order valence-electron chi connectivity index (χ2n) is 5.71. The Labute approximate surface area is 123 Å². The fourth-order valence-corrected chi connectivity index (χ4v) is 2.49. The Kier molecular flexibility index (Phi) is 8.01. The van der Waals surface area contributed by atoms with E-state index in [4.69, 9.17) is 0 Å². The maximum atomic E-state index is 11.2. The zero-order chi connectivity index (χ0) is 14.8. The fraction of sp³-hybridized carbons (Fsp3) is 0.611. The largest absolute Gasteiger partial charge is 0.508 e. The quantitative estimate of drug-likeness (QED) is 0.622. The summed E-state index contributed by atoms with van der Waals surface area (Å²) >= 11 is 0. The zero-order valence-corrected chi connectivity index (χ0v) is 13.0. The molecule has 0 bridgehead atoms. The van der Waals surface area contributed by atoms with Crippen molar-refractivity contribution >= 4 is 5.78 Å². The Morgan fingerprint density at radius 2 is 1.70 bits per heavy atom. The van der Waals surface area contributed by atoms with Crippen LogP contribution in [0.2, 0.25) is 0 Å². The second-order valence-corrected chi connectivity index (χ2v) is 5.71. The molecule has 1 N–H and O–H groups in total. The zero-order valence-electron chi connectivity index (χ0n) is 13.0. The molecule has 0 aliphatic carbocycles. The Bertz CT molecular complexity index is 410. The number of carbonyl (C=O) groups excluding carboxylic acids is 1. The van der Waals surface area contributed by atoms with Gasteiger partial charge in [-0.25, -0.2) is 0 Å². The number of phenolic OH excluding ortho intramolecular Hbond substituents is 1. The molecule has 20 heavy (non-hydrogen) atoms. The van der Waals surface area contributed by atoms with Crippen molar-refractivity contribution in [2.24, 2.45) is 0 Å². The number of unbranched alkanes of at least 4 members (excludes halogenated alkanes) is 6. The number of aryl methyl sites for hydroxylation is 1. The van der Waals surface area contributed by atoms with Crippen LogP contribution in [-0.2, 0) is 17.6 Å². The van der Waals surface area contributed by atoms with E-state index in [2.05, 4.69) is 6.92 Å². The molecule has 0 aliphatic rings. The molecule has 0 aliphatic heterocycles. The van der Waals surface area contributed by atoms with Crippen molar-refractivity contribution in [3.63, 3.8) is 0 Å². The molecule has 0 radical (unpaired) electrons. The first-order valence-corrected chi connectivity index (χ1v) is 7.93. The van der Waals surface area contributed by atoms with Gasteiger partial charge in [-0.15, -0.1) is 0 Å². The Hall–Kier alpha value is -1.31. The summed E-state index contributed by atoms with van der Waals surface area (Å²) in [6, 6.07) is 5.67. The minimum atomic E-state index is 0.0911. The first-order chi connectivity index (χ1) is 9.63. The monoisotopic (exact) mass is 276 g/mol. The molecule has 0 saturated heterocycles. The smallest absolute Gasteiger partial charge is 0.134 e. The highest BCUT2D eigenvalue weighted by Crippen LogP contribution is 2.21. The van der Waals surface area contributed by atoms with E-state index in [-0.39, 0.29) is 11.5 Å². The van der Waals surface area contributed by atoms with Gasteiger partial charge in [0, 0.05) is 12.0 Å². The van der Waals surface area contributed by atoms with Crippen LogP contribution in [0.4, 0.5) is 0 Å². The molecule has 1 rings (SSSR count). The van der Waals surface area contributed by atoms with Gasteiger partial charge in [-0.3, -0.25) is 4.79 Å². The third-order valence-electron chi connectivity index (χ3n) is 3.65. The standard InChI is InChI=1S/C18H28O2/c1-3-4-5-6-7-8-9-10-16-11-12-18(20)17(14-16)13-15(2)19/h11-12,14,20H,3-10,13H2,1-2H3. The summed E-state index contributed by atoms with van der Waals surface area (Å²) in [4.78, 5) is 11.2. The van der Waals surface area contributed by atoms with Crippen LogP contribution in [0.15, 0.2) is 18.2 Å². The first kappa shape index (κ1) is 16.7. The Balaban J connectivity index is 2.31.